The topological polar surface area (TPSA) is 75.7 Å². The Morgan fingerprint density at radius 1 is 1.15 bits per heavy atom. The monoisotopic (exact) mass is 396 g/mol. The Morgan fingerprint density at radius 3 is 2.35 bits per heavy atom. The van der Waals surface area contributed by atoms with Crippen LogP contribution in [0.2, 0.25) is 5.02 Å². The molecule has 0 unspecified atom stereocenters. The number of aryl methyl sites for hydroxylation is 2. The summed E-state index contributed by atoms with van der Waals surface area (Å²) in [5, 5.41) is 3.25. The molecule has 0 bridgehead atoms. The molecule has 26 heavy (non-hydrogen) atoms. The third-order valence-corrected chi connectivity index (χ3v) is 5.70. The minimum atomic E-state index is -3.57. The second-order valence-corrected chi connectivity index (χ2v) is 8.61. The number of ether oxygens (including phenoxy) is 1. The average molecular weight is 397 g/mol. The molecule has 0 aromatic heterocycles. The Balaban J connectivity index is 2.08. The Kier molecular flexibility index (Phi) is 6.28. The van der Waals surface area contributed by atoms with Gasteiger partial charge < -0.3 is 10.1 Å². The van der Waals surface area contributed by atoms with Gasteiger partial charge in [0.25, 0.3) is 5.91 Å². The van der Waals surface area contributed by atoms with Gasteiger partial charge in [0.2, 0.25) is 10.0 Å². The van der Waals surface area contributed by atoms with Crippen LogP contribution in [0.15, 0.2) is 41.3 Å². The first kappa shape index (κ1) is 20.2. The molecule has 0 radical (unpaired) electrons. The summed E-state index contributed by atoms with van der Waals surface area (Å²) in [5.41, 5.74) is 2.05. The summed E-state index contributed by atoms with van der Waals surface area (Å²) in [6.07, 6.45) is 0. The van der Waals surface area contributed by atoms with Crippen molar-refractivity contribution in [2.45, 2.75) is 18.7 Å². The molecular weight excluding hydrogens is 376 g/mol. The number of carbonyl (C=O) groups excluding carboxylic acids is 1. The first-order chi connectivity index (χ1) is 12.1. The lowest BCUT2D eigenvalue weighted by Crippen LogP contribution is -2.23. The Morgan fingerprint density at radius 2 is 1.77 bits per heavy atom. The summed E-state index contributed by atoms with van der Waals surface area (Å²) in [4.78, 5) is 12.3. The van der Waals surface area contributed by atoms with Crippen molar-refractivity contribution in [3.8, 4) is 5.75 Å². The predicted molar refractivity (Wildman–Crippen MR) is 102 cm³/mol. The van der Waals surface area contributed by atoms with Crippen LogP contribution in [0.25, 0.3) is 0 Å². The summed E-state index contributed by atoms with van der Waals surface area (Å²) in [5.74, 6) is 0.214. The third kappa shape index (κ3) is 4.75. The number of nitrogens with zero attached hydrogens (tertiary/aromatic N) is 1. The molecule has 0 atom stereocenters. The average Bonchev–Trinajstić information content (AvgIpc) is 2.53. The highest BCUT2D eigenvalue weighted by molar-refractivity contribution is 7.89. The van der Waals surface area contributed by atoms with E-state index in [1.54, 1.807) is 24.3 Å². The van der Waals surface area contributed by atoms with Crippen LogP contribution in [0.1, 0.15) is 11.1 Å². The number of nitrogens with one attached hydrogen (secondary N) is 1. The van der Waals surface area contributed by atoms with Crippen molar-refractivity contribution in [2.75, 3.05) is 26.0 Å². The van der Waals surface area contributed by atoms with Crippen LogP contribution >= 0.6 is 11.6 Å². The maximum absolute atomic E-state index is 12.2. The number of amides is 1. The number of anilines is 1. The molecule has 0 aliphatic rings. The summed E-state index contributed by atoms with van der Waals surface area (Å²) in [6.45, 7) is 3.50. The van der Waals surface area contributed by atoms with Crippen molar-refractivity contribution in [3.63, 3.8) is 0 Å². The van der Waals surface area contributed by atoms with Crippen LogP contribution in [0.4, 0.5) is 5.69 Å². The number of hydrogen-bond donors (Lipinski definition) is 1. The van der Waals surface area contributed by atoms with Crippen molar-refractivity contribution in [2.24, 2.45) is 0 Å². The quantitative estimate of drug-likeness (QED) is 0.813. The van der Waals surface area contributed by atoms with E-state index in [9.17, 15) is 13.2 Å². The third-order valence-electron chi connectivity index (χ3n) is 3.67. The fourth-order valence-corrected chi connectivity index (χ4v) is 3.68. The smallest absolute Gasteiger partial charge is 0.262 e. The Bertz CT molecular complexity index is 904. The van der Waals surface area contributed by atoms with Crippen molar-refractivity contribution >= 4 is 33.2 Å². The van der Waals surface area contributed by atoms with E-state index >= 15 is 0 Å². The van der Waals surface area contributed by atoms with Crippen molar-refractivity contribution in [1.29, 1.82) is 0 Å². The van der Waals surface area contributed by atoms with Crippen molar-refractivity contribution in [1.82, 2.24) is 4.31 Å². The van der Waals surface area contributed by atoms with Crippen LogP contribution in [-0.2, 0) is 14.8 Å². The lowest BCUT2D eigenvalue weighted by Gasteiger charge is -2.14. The molecule has 0 heterocycles. The minimum absolute atomic E-state index is 0.102. The Hall–Kier alpha value is -2.09. The molecule has 0 spiro atoms. The van der Waals surface area contributed by atoms with Gasteiger partial charge in [0.05, 0.1) is 4.90 Å². The van der Waals surface area contributed by atoms with Crippen LogP contribution in [0, 0.1) is 13.8 Å². The summed E-state index contributed by atoms with van der Waals surface area (Å²) < 4.78 is 31.0. The van der Waals surface area contributed by atoms with Crippen LogP contribution in [0.5, 0.6) is 5.75 Å². The maximum Gasteiger partial charge on any atom is 0.262 e. The van der Waals surface area contributed by atoms with E-state index in [1.807, 2.05) is 13.8 Å². The van der Waals surface area contributed by atoms with E-state index in [2.05, 4.69) is 5.32 Å². The van der Waals surface area contributed by atoms with Crippen LogP contribution in [0.3, 0.4) is 0 Å². The summed E-state index contributed by atoms with van der Waals surface area (Å²) in [6, 6.07) is 9.59. The standard InChI is InChI=1S/C18H21ClN2O4S/c1-12-8-14(19)9-13(2)18(12)25-11-17(22)20-15-6-5-7-16(10-15)26(23,24)21(3)4/h5-10H,11H2,1-4H3,(H,20,22). The molecule has 0 saturated carbocycles. The van der Waals surface area contributed by atoms with E-state index in [-0.39, 0.29) is 11.5 Å². The number of halogens is 1. The molecule has 0 saturated heterocycles. The number of carbonyl (C=O) groups is 1. The maximum atomic E-state index is 12.2. The van der Waals surface area contributed by atoms with Gasteiger partial charge in [-0.25, -0.2) is 12.7 Å². The fourth-order valence-electron chi connectivity index (χ4n) is 2.41. The molecule has 1 N–H and O–H groups in total. The van der Waals surface area contributed by atoms with E-state index in [0.717, 1.165) is 15.4 Å². The first-order valence-electron chi connectivity index (χ1n) is 7.83. The molecule has 0 aliphatic heterocycles. The molecule has 140 valence electrons. The number of rotatable bonds is 6. The van der Waals surface area contributed by atoms with Gasteiger partial charge in [0, 0.05) is 24.8 Å². The van der Waals surface area contributed by atoms with Crippen molar-refractivity contribution < 1.29 is 17.9 Å². The van der Waals surface area contributed by atoms with E-state index in [1.165, 1.54) is 26.2 Å². The zero-order valence-electron chi connectivity index (χ0n) is 15.0. The van der Waals surface area contributed by atoms with Crippen LogP contribution < -0.4 is 10.1 Å². The second-order valence-electron chi connectivity index (χ2n) is 6.02. The lowest BCUT2D eigenvalue weighted by atomic mass is 10.1. The van der Waals surface area contributed by atoms with Gasteiger partial charge in [-0.1, -0.05) is 17.7 Å². The van der Waals surface area contributed by atoms with E-state index in [0.29, 0.717) is 16.5 Å². The highest BCUT2D eigenvalue weighted by Crippen LogP contribution is 2.27. The molecule has 0 aliphatic carbocycles. The number of hydrogen-bond acceptors (Lipinski definition) is 4. The van der Waals surface area contributed by atoms with Gasteiger partial charge in [0.15, 0.2) is 6.61 Å². The molecule has 2 aromatic carbocycles. The molecule has 6 nitrogen and oxygen atoms in total. The molecule has 0 fully saturated rings. The van der Waals surface area contributed by atoms with E-state index in [4.69, 9.17) is 16.3 Å². The molecular formula is C18H21ClN2O4S. The minimum Gasteiger partial charge on any atom is -0.483 e. The van der Waals surface area contributed by atoms with Gasteiger partial charge in [0.1, 0.15) is 5.75 Å². The predicted octanol–water partition coefficient (Wildman–Crippen LogP) is 3.22. The van der Waals surface area contributed by atoms with Gasteiger partial charge in [-0.05, 0) is 55.3 Å². The van der Waals surface area contributed by atoms with Gasteiger partial charge >= 0.3 is 0 Å². The Labute approximate surface area is 158 Å². The number of benzene rings is 2. The van der Waals surface area contributed by atoms with Crippen molar-refractivity contribution in [3.05, 3.63) is 52.5 Å². The normalized spacial score (nSPS) is 11.5. The number of sulfonamides is 1. The fraction of sp³-hybridized carbons (Fsp3) is 0.278. The molecule has 8 heteroatoms. The van der Waals surface area contributed by atoms with Gasteiger partial charge in [-0.2, -0.15) is 0 Å². The SMILES string of the molecule is Cc1cc(Cl)cc(C)c1OCC(=O)Nc1cccc(S(=O)(=O)N(C)C)c1. The second kappa shape index (κ2) is 8.07. The zero-order chi connectivity index (χ0) is 19.5. The molecule has 2 rings (SSSR count). The zero-order valence-corrected chi connectivity index (χ0v) is 16.6. The summed E-state index contributed by atoms with van der Waals surface area (Å²) >= 11 is 5.98. The van der Waals surface area contributed by atoms with Gasteiger partial charge in [-0.15, -0.1) is 0 Å². The first-order valence-corrected chi connectivity index (χ1v) is 9.65. The highest BCUT2D eigenvalue weighted by Gasteiger charge is 2.17. The van der Waals surface area contributed by atoms with Crippen LogP contribution in [-0.4, -0.2) is 39.3 Å². The lowest BCUT2D eigenvalue weighted by molar-refractivity contribution is -0.118. The van der Waals surface area contributed by atoms with Gasteiger partial charge in [-0.3, -0.25) is 4.79 Å². The summed E-state index contributed by atoms with van der Waals surface area (Å²) in [7, 11) is -0.668. The molecule has 2 aromatic rings. The molecule has 1 amide bonds. The van der Waals surface area contributed by atoms with E-state index < -0.39 is 15.9 Å². The largest absolute Gasteiger partial charge is 0.483 e. The highest BCUT2D eigenvalue weighted by atomic mass is 35.5.